The fraction of sp³-hybridized carbons (Fsp3) is 0.482. The second kappa shape index (κ2) is 21.0. The number of hydrogen-bond donors (Lipinski definition) is 6. The molecule has 0 spiro atoms. The molecule has 18 nitrogen and oxygen atoms in total. The van der Waals surface area contributed by atoms with E-state index in [0.717, 1.165) is 18.4 Å². The molecule has 6 heterocycles. The lowest BCUT2D eigenvalue weighted by Gasteiger charge is -2.38. The highest BCUT2D eigenvalue weighted by Crippen LogP contribution is 2.55. The molecule has 19 heteroatoms. The summed E-state index contributed by atoms with van der Waals surface area (Å²) < 4.78 is 41.3. The zero-order valence-corrected chi connectivity index (χ0v) is 44.2. The minimum absolute atomic E-state index is 0.00914. The number of hydrogen-bond acceptors (Lipinski definition) is 16. The molecule has 5 aliphatic rings. The second-order valence-electron chi connectivity index (χ2n) is 20.8. The van der Waals surface area contributed by atoms with Gasteiger partial charge in [-0.3, -0.25) is 28.6 Å². The van der Waals surface area contributed by atoms with Crippen molar-refractivity contribution in [1.29, 1.82) is 0 Å². The van der Waals surface area contributed by atoms with Gasteiger partial charge in [0.1, 0.15) is 23.4 Å². The smallest absolute Gasteiger partial charge is 0.312 e. The number of ether oxygens (including phenoxy) is 4. The summed E-state index contributed by atoms with van der Waals surface area (Å²) in [6, 6.07) is 1.92. The number of rotatable bonds is 6. The molecule has 1 saturated heterocycles. The van der Waals surface area contributed by atoms with Crippen LogP contribution in [-0.2, 0) is 23.8 Å². The number of benzene rings is 2. The van der Waals surface area contributed by atoms with Gasteiger partial charge in [0.25, 0.3) is 17.2 Å². The molecule has 2 fully saturated rings. The van der Waals surface area contributed by atoms with Crippen LogP contribution in [0.15, 0.2) is 58.3 Å². The minimum atomic E-state index is -2.11. The monoisotopic (exact) mass is 1040 g/mol. The van der Waals surface area contributed by atoms with Gasteiger partial charge < -0.3 is 54.7 Å². The zero-order valence-electron chi connectivity index (χ0n) is 44.2. The van der Waals surface area contributed by atoms with Crippen LogP contribution in [0, 0.1) is 50.3 Å². The van der Waals surface area contributed by atoms with E-state index in [1.54, 1.807) is 51.8 Å². The Morgan fingerprint density at radius 1 is 0.907 bits per heavy atom. The van der Waals surface area contributed by atoms with Crippen LogP contribution in [0.3, 0.4) is 0 Å². The second-order valence-corrected chi connectivity index (χ2v) is 20.8. The predicted molar refractivity (Wildman–Crippen MR) is 280 cm³/mol. The number of aliphatic hydroxyl groups excluding tert-OH is 2. The van der Waals surface area contributed by atoms with Crippen molar-refractivity contribution in [1.82, 2.24) is 9.41 Å². The first-order valence-electron chi connectivity index (χ1n) is 25.4. The van der Waals surface area contributed by atoms with E-state index in [4.69, 9.17) is 18.9 Å². The Morgan fingerprint density at radius 2 is 1.59 bits per heavy atom. The number of aromatic nitrogens is 1. The van der Waals surface area contributed by atoms with E-state index in [9.17, 15) is 44.7 Å². The average Bonchev–Trinajstić information content (AvgIpc) is 4.19. The first-order chi connectivity index (χ1) is 35.4. The van der Waals surface area contributed by atoms with E-state index < -0.39 is 94.6 Å². The number of ketones is 1. The number of Topliss-reactive ketones (excluding diaryl/α,β-unsaturated/α-hetero) is 1. The number of methoxy groups -OCH3 is 1. The Labute approximate surface area is 434 Å². The van der Waals surface area contributed by atoms with E-state index in [2.05, 4.69) is 10.4 Å². The topological polar surface area (TPSA) is 242 Å². The van der Waals surface area contributed by atoms with Gasteiger partial charge in [-0.1, -0.05) is 45.9 Å². The number of aromatic hydroxyl groups is 3. The number of nitrogens with zero attached hydrogens (tertiary/aromatic N) is 4. The molecule has 2 aromatic carbocycles. The van der Waals surface area contributed by atoms with E-state index in [0.29, 0.717) is 41.3 Å². The maximum Gasteiger partial charge on any atom is 0.312 e. The summed E-state index contributed by atoms with van der Waals surface area (Å²) in [5, 5.41) is 67.8. The van der Waals surface area contributed by atoms with E-state index in [1.807, 2.05) is 17.9 Å². The number of nitrogens with one attached hydrogen (secondary N) is 1. The summed E-state index contributed by atoms with van der Waals surface area (Å²) in [6.45, 7) is 17.1. The van der Waals surface area contributed by atoms with Crippen molar-refractivity contribution in [3.8, 4) is 23.0 Å². The number of carbonyl (C=O) groups is 3. The van der Waals surface area contributed by atoms with Crippen LogP contribution in [0.5, 0.6) is 23.0 Å². The summed E-state index contributed by atoms with van der Waals surface area (Å²) in [4.78, 5) is 56.3. The van der Waals surface area contributed by atoms with E-state index in [-0.39, 0.29) is 63.1 Å². The van der Waals surface area contributed by atoms with E-state index >= 15 is 4.39 Å². The molecule has 2 aromatic heterocycles. The molecule has 1 aliphatic carbocycles. The Hall–Kier alpha value is -6.96. The molecule has 9 rings (SSSR count). The lowest BCUT2D eigenvalue weighted by Crippen LogP contribution is -2.46. The van der Waals surface area contributed by atoms with Crippen molar-refractivity contribution in [3.05, 3.63) is 98.0 Å². The quantitative estimate of drug-likeness (QED) is 0.0486. The van der Waals surface area contributed by atoms with Crippen LogP contribution < -0.4 is 20.5 Å². The Morgan fingerprint density at radius 3 is 2.23 bits per heavy atom. The molecule has 4 aliphatic heterocycles. The maximum atomic E-state index is 16.1. The fourth-order valence-electron chi connectivity index (χ4n) is 10.9. The van der Waals surface area contributed by atoms with Crippen LogP contribution in [0.25, 0.3) is 16.3 Å². The molecule has 9 atom stereocenters. The van der Waals surface area contributed by atoms with Gasteiger partial charge in [0.15, 0.2) is 11.6 Å². The molecule has 1 saturated carbocycles. The molecular formula is C56H68FN5O13. The molecule has 402 valence electrons. The molecule has 6 N–H and O–H groups in total. The van der Waals surface area contributed by atoms with Gasteiger partial charge in [0.2, 0.25) is 0 Å². The van der Waals surface area contributed by atoms with Crippen molar-refractivity contribution in [2.24, 2.45) is 28.8 Å². The number of fused-ring (bicyclic) bond motifs is 15. The van der Waals surface area contributed by atoms with Gasteiger partial charge in [-0.25, -0.2) is 4.39 Å². The zero-order chi connectivity index (χ0) is 54.7. The average molecular weight is 1040 g/mol. The van der Waals surface area contributed by atoms with Gasteiger partial charge in [0.05, 0.1) is 83.5 Å². The highest BCUT2D eigenvalue weighted by Gasteiger charge is 2.50. The van der Waals surface area contributed by atoms with Gasteiger partial charge in [-0.05, 0) is 69.7 Å². The number of phenols is 3. The number of phenolic OH excluding ortho intramolecular Hbond substituents is 3. The SMILES string of the molecule is CO[C@H]1/C=C/O[C@@]2(C)Oc3c(C)c(O)c4c(O)c(c(/C=N\N5CCN(c6c(F)cn7c(=O)c(C)cc(C8CC8)c7c6C)CC5)c(O)c4c3C2=O)NC(=O)/C(C)=C\C=C\[C@H](C)[C@H](O)[C@@H](C)[C@@H](O)[C@@H](C)[C@H](OC(C)=O)[C@@H]1C. The van der Waals surface area contributed by atoms with Gasteiger partial charge in [-0.2, -0.15) is 5.10 Å². The molecular weight excluding hydrogens is 970 g/mol. The van der Waals surface area contributed by atoms with Crippen molar-refractivity contribution >= 4 is 51.5 Å². The van der Waals surface area contributed by atoms with Crippen LogP contribution in [-0.4, -0.2) is 122 Å². The number of aliphatic hydroxyl groups is 2. The van der Waals surface area contributed by atoms with Gasteiger partial charge in [-0.15, -0.1) is 0 Å². The molecule has 0 unspecified atom stereocenters. The lowest BCUT2D eigenvalue weighted by atomic mass is 9.78. The third kappa shape index (κ3) is 9.92. The van der Waals surface area contributed by atoms with Crippen molar-refractivity contribution in [2.75, 3.05) is 43.5 Å². The summed E-state index contributed by atoms with van der Waals surface area (Å²) in [5.41, 5.74) is 2.37. The predicted octanol–water partition coefficient (Wildman–Crippen LogP) is 7.16. The van der Waals surface area contributed by atoms with Crippen LogP contribution >= 0.6 is 0 Å². The molecule has 75 heavy (non-hydrogen) atoms. The molecule has 5 bridgehead atoms. The van der Waals surface area contributed by atoms with Crippen molar-refractivity contribution < 1.29 is 63.3 Å². The number of aryl methyl sites for hydroxylation is 2. The number of esters is 1. The minimum Gasteiger partial charge on any atom is -0.507 e. The summed E-state index contributed by atoms with van der Waals surface area (Å²) in [7, 11) is 1.42. The van der Waals surface area contributed by atoms with Crippen LogP contribution in [0.2, 0.25) is 0 Å². The summed E-state index contributed by atoms with van der Waals surface area (Å²) >= 11 is 0. The van der Waals surface area contributed by atoms with Gasteiger partial charge in [0, 0.05) is 79.8 Å². The molecule has 4 aromatic rings. The number of anilines is 2. The largest absolute Gasteiger partial charge is 0.507 e. The van der Waals surface area contributed by atoms with Crippen molar-refractivity contribution in [2.45, 2.75) is 118 Å². The van der Waals surface area contributed by atoms with Gasteiger partial charge >= 0.3 is 11.8 Å². The Bertz CT molecular complexity index is 3150. The summed E-state index contributed by atoms with van der Waals surface area (Å²) in [6.07, 6.45) is 7.78. The first kappa shape index (κ1) is 54.3. The number of halogens is 1. The highest BCUT2D eigenvalue weighted by atomic mass is 19.1. The highest BCUT2D eigenvalue weighted by molar-refractivity contribution is 6.24. The Kier molecular flexibility index (Phi) is 15.2. The summed E-state index contributed by atoms with van der Waals surface area (Å²) in [5.74, 6) is -9.21. The van der Waals surface area contributed by atoms with Crippen LogP contribution in [0.1, 0.15) is 105 Å². The lowest BCUT2D eigenvalue weighted by molar-refractivity contribution is -0.160. The number of amides is 1. The van der Waals surface area contributed by atoms with Crippen LogP contribution in [0.4, 0.5) is 15.8 Å². The standard InChI is InChI=1S/C56H68FN5O13/c1-26-13-12-14-27(2)54(70)59-43-37(24-58-61-20-18-60(19-21-61)45-30(5)44-36(35-15-16-35)23-28(3)55(71)62(44)25-38(45)57)49(67)40-41(50(43)68)48(66)33(8)52-42(40)53(69)56(10,75-52)73-22-17-39(72-11)29(4)51(74-34(9)63)32(7)47(65)31(6)46(26)64/h12-14,17,22-26,29,31-32,35,39,46-47,51,64-68H,15-16,18-21H2,1-11H3,(H,59,70)/b13-12+,22-17+,27-14-,58-24-/t26-,29+,31+,32+,39-,46-,47+,51+,56-/m0/s1. The fourth-order valence-corrected chi connectivity index (χ4v) is 10.9. The first-order valence-corrected chi connectivity index (χ1v) is 25.4. The number of pyridine rings is 2. The van der Waals surface area contributed by atoms with E-state index in [1.165, 1.54) is 70.0 Å². The number of carbonyl (C=O) groups excluding carboxylic acids is 3. The molecule has 0 radical (unpaired) electrons. The number of piperazine rings is 1. The normalized spacial score (nSPS) is 28.6. The third-order valence-corrected chi connectivity index (χ3v) is 15.6. The molecule has 1 amide bonds. The maximum absolute atomic E-state index is 16.1. The number of allylic oxidation sites excluding steroid dienone is 2. The number of hydrazone groups is 1. The third-order valence-electron chi connectivity index (χ3n) is 15.6. The Balaban J connectivity index is 1.19. The van der Waals surface area contributed by atoms with Crippen molar-refractivity contribution in [3.63, 3.8) is 0 Å².